The predicted molar refractivity (Wildman–Crippen MR) is 82.6 cm³/mol. The van der Waals surface area contributed by atoms with Crippen molar-refractivity contribution in [2.45, 2.75) is 0 Å². The van der Waals surface area contributed by atoms with Gasteiger partial charge in [0.05, 0.1) is 0 Å². The largest absolute Gasteiger partial charge is 0.197 e. The van der Waals surface area contributed by atoms with Crippen LogP contribution in [-0.4, -0.2) is 30.8 Å². The van der Waals surface area contributed by atoms with E-state index in [1.165, 1.54) is 0 Å². The molecule has 0 saturated carbocycles. The molecule has 2 heterocycles. The van der Waals surface area contributed by atoms with E-state index in [1.807, 2.05) is 60.7 Å². The van der Waals surface area contributed by atoms with E-state index < -0.39 is 0 Å². The van der Waals surface area contributed by atoms with Gasteiger partial charge < -0.3 is 0 Å². The Labute approximate surface area is 126 Å². The number of rotatable bonds is 3. The summed E-state index contributed by atoms with van der Waals surface area (Å²) in [7, 11) is 0. The van der Waals surface area contributed by atoms with Crippen LogP contribution in [-0.2, 0) is 0 Å². The van der Waals surface area contributed by atoms with Gasteiger partial charge in [0.1, 0.15) is 22.8 Å². The van der Waals surface area contributed by atoms with E-state index in [1.54, 1.807) is 0 Å². The third-order valence-electron chi connectivity index (χ3n) is 3.41. The van der Waals surface area contributed by atoms with Gasteiger partial charge in [-0.25, -0.2) is 0 Å². The van der Waals surface area contributed by atoms with Crippen LogP contribution >= 0.6 is 0 Å². The lowest BCUT2D eigenvalue weighted by atomic mass is 10.0. The minimum Gasteiger partial charge on any atom is -0.197 e. The zero-order valence-corrected chi connectivity index (χ0v) is 11.6. The fraction of sp³-hybridized carbons (Fsp3) is 0. The summed E-state index contributed by atoms with van der Waals surface area (Å²) in [4.78, 5) is 0. The zero-order valence-electron chi connectivity index (χ0n) is 11.6. The third kappa shape index (κ3) is 2.07. The zero-order chi connectivity index (χ0) is 14.8. The van der Waals surface area contributed by atoms with Crippen LogP contribution in [0.25, 0.3) is 33.9 Å². The number of nitrogens with zero attached hydrogens (tertiary/aromatic N) is 4. The number of aromatic nitrogens is 6. The van der Waals surface area contributed by atoms with Gasteiger partial charge in [-0.1, -0.05) is 60.7 Å². The Bertz CT molecular complexity index is 803. The highest BCUT2D eigenvalue weighted by molar-refractivity contribution is 5.83. The van der Waals surface area contributed by atoms with E-state index in [0.717, 1.165) is 22.5 Å². The first-order valence-corrected chi connectivity index (χ1v) is 6.86. The van der Waals surface area contributed by atoms with Gasteiger partial charge in [-0.05, 0) is 0 Å². The Morgan fingerprint density at radius 1 is 0.455 bits per heavy atom. The maximum atomic E-state index is 4.26. The molecule has 0 spiro atoms. The van der Waals surface area contributed by atoms with Crippen molar-refractivity contribution < 1.29 is 0 Å². The maximum Gasteiger partial charge on any atom is 0.143 e. The maximum absolute atomic E-state index is 4.26. The second kappa shape index (κ2) is 5.25. The van der Waals surface area contributed by atoms with Crippen molar-refractivity contribution in [3.63, 3.8) is 0 Å². The first-order chi connectivity index (χ1) is 10.9. The topological polar surface area (TPSA) is 83.1 Å². The molecule has 0 saturated heterocycles. The summed E-state index contributed by atoms with van der Waals surface area (Å²) in [6.07, 6.45) is 0. The standard InChI is InChI=1S/C16H12N6/c1-3-7-11(8-4-1)13-15(19-21-17-13)16-14(18-22-20-16)12-9-5-2-6-10-12/h1-10H,(H,17,19,21)(H,18,20,22). The first-order valence-electron chi connectivity index (χ1n) is 6.86. The quantitative estimate of drug-likeness (QED) is 0.607. The fourth-order valence-corrected chi connectivity index (χ4v) is 2.39. The summed E-state index contributed by atoms with van der Waals surface area (Å²) in [5.74, 6) is 0. The molecule has 0 aliphatic heterocycles. The lowest BCUT2D eigenvalue weighted by molar-refractivity contribution is 0.931. The van der Waals surface area contributed by atoms with Gasteiger partial charge in [-0.2, -0.15) is 30.8 Å². The normalized spacial score (nSPS) is 10.7. The Hall–Kier alpha value is -3.28. The number of aromatic amines is 2. The first kappa shape index (κ1) is 12.5. The molecule has 4 rings (SSSR count). The molecule has 106 valence electrons. The molecule has 0 amide bonds. The molecule has 0 radical (unpaired) electrons. The van der Waals surface area contributed by atoms with Gasteiger partial charge in [-0.15, -0.1) is 0 Å². The molecule has 2 N–H and O–H groups in total. The van der Waals surface area contributed by atoms with Crippen molar-refractivity contribution in [2.24, 2.45) is 0 Å². The van der Waals surface area contributed by atoms with Crippen LogP contribution in [0.5, 0.6) is 0 Å². The monoisotopic (exact) mass is 288 g/mol. The van der Waals surface area contributed by atoms with Gasteiger partial charge in [0.15, 0.2) is 0 Å². The van der Waals surface area contributed by atoms with E-state index in [4.69, 9.17) is 0 Å². The van der Waals surface area contributed by atoms with E-state index in [2.05, 4.69) is 30.8 Å². The van der Waals surface area contributed by atoms with Crippen LogP contribution in [0.15, 0.2) is 60.7 Å². The lowest BCUT2D eigenvalue weighted by Crippen LogP contribution is -1.87. The smallest absolute Gasteiger partial charge is 0.143 e. The Kier molecular flexibility index (Phi) is 2.97. The number of hydrogen-bond acceptors (Lipinski definition) is 4. The highest BCUT2D eigenvalue weighted by Crippen LogP contribution is 2.32. The average Bonchev–Trinajstić information content (AvgIpc) is 3.25. The van der Waals surface area contributed by atoms with Gasteiger partial charge in [-0.3, -0.25) is 0 Å². The number of hydrogen-bond donors (Lipinski definition) is 2. The van der Waals surface area contributed by atoms with Gasteiger partial charge >= 0.3 is 0 Å². The van der Waals surface area contributed by atoms with Crippen LogP contribution in [0.2, 0.25) is 0 Å². The minimum absolute atomic E-state index is 0.679. The second-order valence-electron chi connectivity index (χ2n) is 4.77. The Balaban J connectivity index is 1.86. The van der Waals surface area contributed by atoms with Crippen molar-refractivity contribution >= 4 is 0 Å². The average molecular weight is 288 g/mol. The van der Waals surface area contributed by atoms with Crippen molar-refractivity contribution in [3.8, 4) is 33.9 Å². The molecule has 4 aromatic rings. The molecule has 0 bridgehead atoms. The summed E-state index contributed by atoms with van der Waals surface area (Å²) in [6, 6.07) is 19.8. The van der Waals surface area contributed by atoms with Gasteiger partial charge in [0.25, 0.3) is 0 Å². The van der Waals surface area contributed by atoms with Crippen LogP contribution in [0.1, 0.15) is 0 Å². The van der Waals surface area contributed by atoms with Crippen molar-refractivity contribution in [2.75, 3.05) is 0 Å². The molecular weight excluding hydrogens is 276 g/mol. The summed E-state index contributed by atoms with van der Waals surface area (Å²) < 4.78 is 0. The Morgan fingerprint density at radius 3 is 1.23 bits per heavy atom. The lowest BCUT2D eigenvalue weighted by Gasteiger charge is -2.01. The van der Waals surface area contributed by atoms with E-state index in [9.17, 15) is 0 Å². The van der Waals surface area contributed by atoms with Gasteiger partial charge in [0.2, 0.25) is 0 Å². The Morgan fingerprint density at radius 2 is 0.818 bits per heavy atom. The highest BCUT2D eigenvalue weighted by atomic mass is 15.4. The summed E-state index contributed by atoms with van der Waals surface area (Å²) >= 11 is 0. The van der Waals surface area contributed by atoms with Crippen LogP contribution in [0.4, 0.5) is 0 Å². The molecule has 2 aromatic carbocycles. The molecule has 0 aliphatic rings. The molecule has 0 fully saturated rings. The minimum atomic E-state index is 0.679. The summed E-state index contributed by atoms with van der Waals surface area (Å²) in [5.41, 5.74) is 4.83. The van der Waals surface area contributed by atoms with E-state index in [0.29, 0.717) is 11.4 Å². The van der Waals surface area contributed by atoms with Gasteiger partial charge in [0, 0.05) is 11.1 Å². The van der Waals surface area contributed by atoms with Crippen molar-refractivity contribution in [3.05, 3.63) is 60.7 Å². The van der Waals surface area contributed by atoms with E-state index in [-0.39, 0.29) is 0 Å². The molecule has 0 unspecified atom stereocenters. The molecular formula is C16H12N6. The third-order valence-corrected chi connectivity index (χ3v) is 3.41. The molecule has 2 aromatic heterocycles. The molecule has 6 heteroatoms. The van der Waals surface area contributed by atoms with Crippen molar-refractivity contribution in [1.29, 1.82) is 0 Å². The second-order valence-corrected chi connectivity index (χ2v) is 4.77. The van der Waals surface area contributed by atoms with Crippen molar-refractivity contribution in [1.82, 2.24) is 30.8 Å². The highest BCUT2D eigenvalue weighted by Gasteiger charge is 2.20. The number of H-pyrrole nitrogens is 2. The molecule has 6 nitrogen and oxygen atoms in total. The SMILES string of the molecule is c1ccc(-c2n[nH]nc2-c2n[nH]nc2-c2ccccc2)cc1. The van der Waals surface area contributed by atoms with E-state index >= 15 is 0 Å². The molecule has 22 heavy (non-hydrogen) atoms. The molecule has 0 atom stereocenters. The molecule has 0 aliphatic carbocycles. The van der Waals surface area contributed by atoms with Crippen LogP contribution < -0.4 is 0 Å². The number of benzene rings is 2. The van der Waals surface area contributed by atoms with Crippen LogP contribution in [0.3, 0.4) is 0 Å². The summed E-state index contributed by atoms with van der Waals surface area (Å²) in [6.45, 7) is 0. The number of nitrogens with one attached hydrogen (secondary N) is 2. The summed E-state index contributed by atoms with van der Waals surface area (Å²) in [5, 5.41) is 22.4. The predicted octanol–water partition coefficient (Wildman–Crippen LogP) is 2.92. The fourth-order valence-electron chi connectivity index (χ4n) is 2.39. The van der Waals surface area contributed by atoms with Crippen LogP contribution in [0, 0.1) is 0 Å².